The zero-order valence-electron chi connectivity index (χ0n) is 24.0. The first-order valence-corrected chi connectivity index (χ1v) is 16.3. The SMILES string of the molecule is CC(=O)OC[C@H]1S[C@@](COC(C)=O)(n2cnc3c(NC(=O)c4ccccc4)ncnc32)[C@H]([Se]c2ccccc2)[C@@H]1OC(C)=O. The summed E-state index contributed by atoms with van der Waals surface area (Å²) in [5, 5.41) is 2.31. The maximum atomic E-state index is 13.0. The first kappa shape index (κ1) is 31.2. The van der Waals surface area contributed by atoms with E-state index >= 15 is 0 Å². The summed E-state index contributed by atoms with van der Waals surface area (Å²) in [5.41, 5.74) is 1.13. The van der Waals surface area contributed by atoms with E-state index in [2.05, 4.69) is 20.3 Å². The van der Waals surface area contributed by atoms with Crippen molar-refractivity contribution in [1.82, 2.24) is 19.5 Å². The molecular weight excluding hydrogens is 653 g/mol. The van der Waals surface area contributed by atoms with Crippen molar-refractivity contribution >= 4 is 72.0 Å². The minimum atomic E-state index is -1.10. The number of imidazole rings is 1. The zero-order chi connectivity index (χ0) is 31.3. The normalized spacial score (nSPS) is 21.0. The molecule has 5 rings (SSSR count). The van der Waals surface area contributed by atoms with Gasteiger partial charge in [0.25, 0.3) is 0 Å². The molecule has 1 aliphatic rings. The van der Waals surface area contributed by atoms with Gasteiger partial charge in [0.2, 0.25) is 0 Å². The third-order valence-corrected chi connectivity index (χ3v) is 11.8. The van der Waals surface area contributed by atoms with Gasteiger partial charge in [0.1, 0.15) is 0 Å². The third-order valence-electron chi connectivity index (χ3n) is 6.72. The summed E-state index contributed by atoms with van der Waals surface area (Å²) in [6.45, 7) is 3.79. The molecule has 0 radical (unpaired) electrons. The van der Waals surface area contributed by atoms with Crippen molar-refractivity contribution in [3.05, 3.63) is 78.9 Å². The molecule has 0 unspecified atom stereocenters. The second kappa shape index (κ2) is 13.6. The minimum absolute atomic E-state index is 0.0405. The summed E-state index contributed by atoms with van der Waals surface area (Å²) in [6.07, 6.45) is 2.16. The molecule has 0 saturated carbocycles. The molecule has 2 aromatic heterocycles. The number of carbonyl (C=O) groups excluding carboxylic acids is 4. The van der Waals surface area contributed by atoms with Crippen LogP contribution in [-0.4, -0.2) is 82.9 Å². The monoisotopic (exact) mass is 683 g/mol. The van der Waals surface area contributed by atoms with Gasteiger partial charge in [-0.25, -0.2) is 0 Å². The van der Waals surface area contributed by atoms with Gasteiger partial charge in [0.15, 0.2) is 0 Å². The fourth-order valence-corrected chi connectivity index (χ4v) is 10.2. The molecule has 12 nitrogen and oxygen atoms in total. The number of nitrogens with one attached hydrogen (secondary N) is 1. The number of carbonyl (C=O) groups is 4. The number of anilines is 1. The second-order valence-corrected chi connectivity index (χ2v) is 13.9. The van der Waals surface area contributed by atoms with E-state index in [0.29, 0.717) is 16.7 Å². The average molecular weight is 683 g/mol. The van der Waals surface area contributed by atoms with Crippen LogP contribution >= 0.6 is 11.8 Å². The molecule has 1 saturated heterocycles. The van der Waals surface area contributed by atoms with Gasteiger partial charge in [0, 0.05) is 0 Å². The molecule has 14 heteroatoms. The molecule has 2 aromatic carbocycles. The van der Waals surface area contributed by atoms with E-state index in [9.17, 15) is 19.2 Å². The molecule has 0 bridgehead atoms. The first-order chi connectivity index (χ1) is 21.2. The second-order valence-electron chi connectivity index (χ2n) is 9.84. The molecule has 228 valence electrons. The number of amides is 1. The van der Waals surface area contributed by atoms with Crippen molar-refractivity contribution < 1.29 is 33.4 Å². The van der Waals surface area contributed by atoms with Gasteiger partial charge >= 0.3 is 264 Å². The molecule has 0 aliphatic carbocycles. The Hall–Kier alpha value is -4.26. The van der Waals surface area contributed by atoms with E-state index in [1.165, 1.54) is 38.9 Å². The van der Waals surface area contributed by atoms with Crippen LogP contribution in [-0.2, 0) is 33.5 Å². The summed E-state index contributed by atoms with van der Waals surface area (Å²) in [6, 6.07) is 18.4. The molecule has 1 N–H and O–H groups in total. The maximum absolute atomic E-state index is 13.0. The van der Waals surface area contributed by atoms with Crippen molar-refractivity contribution in [3.8, 4) is 0 Å². The fraction of sp³-hybridized carbons (Fsp3) is 0.300. The Labute approximate surface area is 263 Å². The van der Waals surface area contributed by atoms with E-state index in [-0.39, 0.29) is 39.9 Å². The Kier molecular flexibility index (Phi) is 9.62. The number of nitrogens with zero attached hydrogens (tertiary/aromatic N) is 4. The van der Waals surface area contributed by atoms with E-state index in [4.69, 9.17) is 14.2 Å². The topological polar surface area (TPSA) is 152 Å². The molecule has 1 fully saturated rings. The van der Waals surface area contributed by atoms with Gasteiger partial charge in [-0.2, -0.15) is 0 Å². The average Bonchev–Trinajstić information content (AvgIpc) is 3.56. The van der Waals surface area contributed by atoms with Crippen molar-refractivity contribution in [2.75, 3.05) is 18.5 Å². The number of hydrogen-bond acceptors (Lipinski definition) is 11. The van der Waals surface area contributed by atoms with Gasteiger partial charge in [0.05, 0.1) is 0 Å². The molecule has 0 spiro atoms. The van der Waals surface area contributed by atoms with Crippen molar-refractivity contribution in [2.24, 2.45) is 0 Å². The van der Waals surface area contributed by atoms with Gasteiger partial charge in [-0.05, 0) is 0 Å². The number of aromatic nitrogens is 4. The van der Waals surface area contributed by atoms with Crippen LogP contribution in [0.2, 0.25) is 4.82 Å². The number of thioether (sulfide) groups is 1. The first-order valence-electron chi connectivity index (χ1n) is 13.6. The van der Waals surface area contributed by atoms with E-state index in [1.807, 2.05) is 36.4 Å². The number of ether oxygens (including phenoxy) is 3. The summed E-state index contributed by atoms with van der Waals surface area (Å²) in [5.74, 6) is -1.64. The van der Waals surface area contributed by atoms with Crippen molar-refractivity contribution in [2.45, 2.75) is 41.8 Å². The number of rotatable bonds is 10. The Morgan fingerprint density at radius 3 is 2.25 bits per heavy atom. The summed E-state index contributed by atoms with van der Waals surface area (Å²) >= 11 is 1.01. The fourth-order valence-electron chi connectivity index (χ4n) is 4.87. The van der Waals surface area contributed by atoms with Crippen LogP contribution in [0, 0.1) is 0 Å². The van der Waals surface area contributed by atoms with Gasteiger partial charge in [-0.1, -0.05) is 0 Å². The van der Waals surface area contributed by atoms with E-state index in [0.717, 1.165) is 4.46 Å². The molecule has 4 atom stereocenters. The van der Waals surface area contributed by atoms with Crippen LogP contribution in [0.1, 0.15) is 31.1 Å². The predicted octanol–water partition coefficient (Wildman–Crippen LogP) is 2.72. The predicted molar refractivity (Wildman–Crippen MR) is 163 cm³/mol. The molecule has 4 aromatic rings. The van der Waals surface area contributed by atoms with Crippen LogP contribution in [0.3, 0.4) is 0 Å². The van der Waals surface area contributed by atoms with Gasteiger partial charge < -0.3 is 0 Å². The molecule has 1 amide bonds. The number of benzene rings is 2. The Morgan fingerprint density at radius 2 is 1.59 bits per heavy atom. The number of esters is 3. The summed E-state index contributed by atoms with van der Waals surface area (Å²) < 4.78 is 19.8. The summed E-state index contributed by atoms with van der Waals surface area (Å²) in [4.78, 5) is 61.3. The van der Waals surface area contributed by atoms with E-state index in [1.54, 1.807) is 35.2 Å². The Balaban J connectivity index is 1.64. The molecular formula is C30H29N5O7SSe. The summed E-state index contributed by atoms with van der Waals surface area (Å²) in [7, 11) is 0. The van der Waals surface area contributed by atoms with Crippen LogP contribution in [0.5, 0.6) is 0 Å². The van der Waals surface area contributed by atoms with Crippen LogP contribution in [0.25, 0.3) is 11.2 Å². The third kappa shape index (κ3) is 6.77. The number of fused-ring (bicyclic) bond motifs is 1. The Morgan fingerprint density at radius 1 is 0.909 bits per heavy atom. The standard InChI is InChI=1S/C30H29N5O7SSe/c1-18(36)40-14-23-25(42-20(3)38)26(44-22-12-8-5-9-13-22)30(43-23,15-41-19(2)37)35-17-33-24-27(31-16-32-28(24)35)34-29(39)21-10-6-4-7-11-21/h4-13,16-17,23,25-26H,14-15H2,1-3H3,(H,31,32,34,39)/t23-,25-,26-,30-/m1/s1. The van der Waals surface area contributed by atoms with Crippen molar-refractivity contribution in [3.63, 3.8) is 0 Å². The van der Waals surface area contributed by atoms with Crippen molar-refractivity contribution in [1.29, 1.82) is 0 Å². The van der Waals surface area contributed by atoms with Crippen LogP contribution < -0.4 is 9.78 Å². The molecule has 3 heterocycles. The van der Waals surface area contributed by atoms with Crippen LogP contribution in [0.4, 0.5) is 5.82 Å². The zero-order valence-corrected chi connectivity index (χ0v) is 26.6. The van der Waals surface area contributed by atoms with Gasteiger partial charge in [-0.3, -0.25) is 0 Å². The molecule has 1 aliphatic heterocycles. The van der Waals surface area contributed by atoms with E-state index < -0.39 is 38.9 Å². The van der Waals surface area contributed by atoms with Gasteiger partial charge in [-0.15, -0.1) is 0 Å². The van der Waals surface area contributed by atoms with Crippen LogP contribution in [0.15, 0.2) is 73.3 Å². The quantitative estimate of drug-likeness (QED) is 0.149. The molecule has 44 heavy (non-hydrogen) atoms. The Bertz CT molecular complexity index is 1670. The number of hydrogen-bond donors (Lipinski definition) is 1.